The van der Waals surface area contributed by atoms with Crippen LogP contribution >= 0.6 is 0 Å². The average Bonchev–Trinajstić information content (AvgIpc) is 2.31. The maximum absolute atomic E-state index is 12.9. The molecule has 0 aliphatic rings. The fourth-order valence-corrected chi connectivity index (χ4v) is 1.77. The maximum Gasteiger partial charge on any atom is 0.400 e. The van der Waals surface area contributed by atoms with Gasteiger partial charge in [-0.05, 0) is 26.9 Å². The molecule has 1 unspecified atom stereocenters. The van der Waals surface area contributed by atoms with E-state index in [2.05, 4.69) is 5.32 Å². The van der Waals surface area contributed by atoms with E-state index >= 15 is 0 Å². The van der Waals surface area contributed by atoms with Crippen molar-refractivity contribution in [3.05, 3.63) is 0 Å². The number of hydrogen-bond donors (Lipinski definition) is 2. The summed E-state index contributed by atoms with van der Waals surface area (Å²) in [6.07, 6.45) is -9.47. The summed E-state index contributed by atoms with van der Waals surface area (Å²) in [5, 5.41) is -2.14. The van der Waals surface area contributed by atoms with Gasteiger partial charge in [0.1, 0.15) is 0 Å². The van der Waals surface area contributed by atoms with Crippen LogP contribution in [-0.4, -0.2) is 44.7 Å². The molecule has 0 aromatic rings. The Hall–Kier alpha value is -0.550. The monoisotopic (exact) mass is 361 g/mol. The van der Waals surface area contributed by atoms with Gasteiger partial charge in [-0.15, -0.1) is 0 Å². The van der Waals surface area contributed by atoms with Gasteiger partial charge in [0.2, 0.25) is 0 Å². The van der Waals surface area contributed by atoms with E-state index in [9.17, 15) is 34.8 Å². The highest BCUT2D eigenvalue weighted by Crippen LogP contribution is 2.31. The number of hydrogen-bond acceptors (Lipinski definition) is 3. The fraction of sp³-hybridized carbons (Fsp3) is 1.00. The van der Waals surface area contributed by atoms with E-state index in [0.717, 1.165) is 0 Å². The number of halogens is 6. The molecule has 4 nitrogen and oxygen atoms in total. The largest absolute Gasteiger partial charge is 0.400 e. The highest BCUT2D eigenvalue weighted by Gasteiger charge is 2.52. The van der Waals surface area contributed by atoms with Crippen LogP contribution in [0.4, 0.5) is 26.3 Å². The van der Waals surface area contributed by atoms with Crippen molar-refractivity contribution in [3.8, 4) is 0 Å². The molecule has 0 heterocycles. The third kappa shape index (κ3) is 11.1. The van der Waals surface area contributed by atoms with E-state index in [4.69, 9.17) is 4.55 Å². The molecule has 0 fully saturated rings. The van der Waals surface area contributed by atoms with Crippen LogP contribution in [0.5, 0.6) is 0 Å². The van der Waals surface area contributed by atoms with Gasteiger partial charge in [0.05, 0.1) is 0 Å². The molecular formula is C11H21F6NO3S. The van der Waals surface area contributed by atoms with Gasteiger partial charge in [0.15, 0.2) is 6.17 Å². The smallest absolute Gasteiger partial charge is 0.323 e. The van der Waals surface area contributed by atoms with E-state index in [1.165, 1.54) is 0 Å². The van der Waals surface area contributed by atoms with Crippen LogP contribution in [0, 0.1) is 0 Å². The SMILES string of the molecule is CNC.O=S(=O)(O)C(F)(F)C(F)CCCCCCC(F)(F)F. The van der Waals surface area contributed by atoms with Crippen LogP contribution in [-0.2, 0) is 10.1 Å². The van der Waals surface area contributed by atoms with Crippen LogP contribution in [0.3, 0.4) is 0 Å². The molecule has 136 valence electrons. The predicted octanol–water partition coefficient (Wildman–Crippen LogP) is 3.54. The standard InChI is InChI=1S/C9H14F6O3S.C2H7N/c10-7(9(14,15)19(16,17)18)5-3-1-2-4-6-8(11,12)13;1-3-2/h7H,1-6H2,(H,16,17,18);3H,1-2H3. The molecule has 1 atom stereocenters. The summed E-state index contributed by atoms with van der Waals surface area (Å²) >= 11 is 0. The summed E-state index contributed by atoms with van der Waals surface area (Å²) in [6.45, 7) is 0. The topological polar surface area (TPSA) is 66.4 Å². The van der Waals surface area contributed by atoms with Crippen LogP contribution in [0.25, 0.3) is 0 Å². The molecule has 22 heavy (non-hydrogen) atoms. The third-order valence-corrected chi connectivity index (χ3v) is 3.32. The van der Waals surface area contributed by atoms with Gasteiger partial charge in [-0.25, -0.2) is 4.39 Å². The Morgan fingerprint density at radius 3 is 1.77 bits per heavy atom. The first-order valence-corrected chi connectivity index (χ1v) is 7.87. The van der Waals surface area contributed by atoms with E-state index < -0.39 is 40.6 Å². The molecule has 0 rings (SSSR count). The van der Waals surface area contributed by atoms with Crippen molar-refractivity contribution >= 4 is 10.1 Å². The summed E-state index contributed by atoms with van der Waals surface area (Å²) in [7, 11) is -2.08. The summed E-state index contributed by atoms with van der Waals surface area (Å²) in [5.74, 6) is 0. The molecule has 2 N–H and O–H groups in total. The number of alkyl halides is 6. The van der Waals surface area contributed by atoms with Gasteiger partial charge in [-0.3, -0.25) is 4.55 Å². The molecule has 0 radical (unpaired) electrons. The van der Waals surface area contributed by atoms with E-state index in [-0.39, 0.29) is 25.7 Å². The van der Waals surface area contributed by atoms with Gasteiger partial charge >= 0.3 is 21.5 Å². The highest BCUT2D eigenvalue weighted by atomic mass is 32.2. The Morgan fingerprint density at radius 2 is 1.41 bits per heavy atom. The first-order chi connectivity index (χ1) is 9.79. The second-order valence-corrected chi connectivity index (χ2v) is 6.07. The minimum absolute atomic E-state index is 0.0675. The zero-order chi connectivity index (χ0) is 18.0. The van der Waals surface area contributed by atoms with Crippen molar-refractivity contribution in [2.45, 2.75) is 56.1 Å². The highest BCUT2D eigenvalue weighted by molar-refractivity contribution is 7.86. The van der Waals surface area contributed by atoms with Gasteiger partial charge in [0.25, 0.3) is 0 Å². The fourth-order valence-electron chi connectivity index (χ4n) is 1.33. The molecular weight excluding hydrogens is 340 g/mol. The molecule has 0 spiro atoms. The molecule has 0 amide bonds. The van der Waals surface area contributed by atoms with Gasteiger partial charge in [-0.2, -0.15) is 30.4 Å². The molecule has 0 aromatic heterocycles. The first kappa shape index (κ1) is 23.7. The Kier molecular flexibility index (Phi) is 11.1. The molecule has 11 heteroatoms. The summed E-state index contributed by atoms with van der Waals surface area (Å²) < 4.78 is 102. The molecule has 0 aliphatic carbocycles. The van der Waals surface area contributed by atoms with Gasteiger partial charge in [0, 0.05) is 6.42 Å². The second-order valence-electron chi connectivity index (χ2n) is 4.57. The molecule has 0 saturated carbocycles. The van der Waals surface area contributed by atoms with Crippen molar-refractivity contribution in [1.29, 1.82) is 0 Å². The molecule has 0 aromatic carbocycles. The van der Waals surface area contributed by atoms with Crippen LogP contribution in [0.2, 0.25) is 0 Å². The predicted molar refractivity (Wildman–Crippen MR) is 70.1 cm³/mol. The van der Waals surface area contributed by atoms with E-state index in [1.54, 1.807) is 0 Å². The van der Waals surface area contributed by atoms with Crippen molar-refractivity contribution in [1.82, 2.24) is 5.32 Å². The van der Waals surface area contributed by atoms with Crippen LogP contribution in [0.15, 0.2) is 0 Å². The minimum atomic E-state index is -5.83. The van der Waals surface area contributed by atoms with Crippen LogP contribution in [0.1, 0.15) is 38.5 Å². The normalized spacial score (nSPS) is 14.2. The number of nitrogens with one attached hydrogen (secondary N) is 1. The van der Waals surface area contributed by atoms with E-state index in [1.807, 2.05) is 14.1 Å². The lowest BCUT2D eigenvalue weighted by Gasteiger charge is -2.17. The lowest BCUT2D eigenvalue weighted by molar-refractivity contribution is -0.135. The average molecular weight is 361 g/mol. The minimum Gasteiger partial charge on any atom is -0.323 e. The van der Waals surface area contributed by atoms with Gasteiger partial charge < -0.3 is 5.32 Å². The van der Waals surface area contributed by atoms with Crippen molar-refractivity contribution in [2.75, 3.05) is 14.1 Å². The van der Waals surface area contributed by atoms with Crippen molar-refractivity contribution in [3.63, 3.8) is 0 Å². The van der Waals surface area contributed by atoms with Crippen molar-refractivity contribution in [2.24, 2.45) is 0 Å². The summed E-state index contributed by atoms with van der Waals surface area (Å²) in [5.41, 5.74) is 0. The molecule has 0 saturated heterocycles. The Bertz CT molecular complexity index is 386. The summed E-state index contributed by atoms with van der Waals surface area (Å²) in [6, 6.07) is 0. The lowest BCUT2D eigenvalue weighted by Crippen LogP contribution is -2.38. The third-order valence-electron chi connectivity index (χ3n) is 2.38. The number of unbranched alkanes of at least 4 members (excludes halogenated alkanes) is 3. The second kappa shape index (κ2) is 10.3. The Labute approximate surface area is 126 Å². The first-order valence-electron chi connectivity index (χ1n) is 6.43. The Balaban J connectivity index is 0. The quantitative estimate of drug-likeness (QED) is 0.394. The van der Waals surface area contributed by atoms with E-state index in [0.29, 0.717) is 0 Å². The lowest BCUT2D eigenvalue weighted by atomic mass is 10.1. The number of rotatable bonds is 8. The Morgan fingerprint density at radius 1 is 1.00 bits per heavy atom. The molecule has 0 aliphatic heterocycles. The molecule has 0 bridgehead atoms. The van der Waals surface area contributed by atoms with Crippen LogP contribution < -0.4 is 5.32 Å². The zero-order valence-corrected chi connectivity index (χ0v) is 13.1. The zero-order valence-electron chi connectivity index (χ0n) is 12.3. The maximum atomic E-state index is 12.9. The van der Waals surface area contributed by atoms with Gasteiger partial charge in [-0.1, -0.05) is 19.3 Å². The summed E-state index contributed by atoms with van der Waals surface area (Å²) in [4.78, 5) is 0. The van der Waals surface area contributed by atoms with Crippen molar-refractivity contribution < 1.29 is 39.3 Å².